The molecule has 2 aliphatic heterocycles. The molecule has 0 aliphatic carbocycles. The lowest BCUT2D eigenvalue weighted by atomic mass is 9.83. The van der Waals surface area contributed by atoms with Crippen LogP contribution in [0, 0.1) is 28.5 Å². The lowest BCUT2D eigenvalue weighted by Gasteiger charge is -2.54. The predicted octanol–water partition coefficient (Wildman–Crippen LogP) is 3.67. The molecule has 5 heterocycles. The second-order valence-electron chi connectivity index (χ2n) is 10.1. The Balaban J connectivity index is 1.12. The first-order valence-electron chi connectivity index (χ1n) is 12.6. The number of hydrogen-bond acceptors (Lipinski definition) is 6. The topological polar surface area (TPSA) is 118 Å². The monoisotopic (exact) mass is 508 g/mol. The number of amides is 1. The fraction of sp³-hybridized carbons (Fsp3) is 0.321. The van der Waals surface area contributed by atoms with Crippen LogP contribution < -0.4 is 0 Å². The summed E-state index contributed by atoms with van der Waals surface area (Å²) in [7, 11) is 0. The summed E-state index contributed by atoms with van der Waals surface area (Å²) in [5, 5.41) is 19.5. The zero-order chi connectivity index (χ0) is 26.3. The van der Waals surface area contributed by atoms with Crippen molar-refractivity contribution in [1.82, 2.24) is 29.3 Å². The Morgan fingerprint density at radius 2 is 1.97 bits per heavy atom. The van der Waals surface area contributed by atoms with Gasteiger partial charge < -0.3 is 14.5 Å². The molecular formula is C28H25FN8O. The van der Waals surface area contributed by atoms with Gasteiger partial charge in [0, 0.05) is 61.8 Å². The third-order valence-electron chi connectivity index (χ3n) is 7.87. The van der Waals surface area contributed by atoms with Gasteiger partial charge in [-0.15, -0.1) is 0 Å². The Kier molecular flexibility index (Phi) is 5.90. The van der Waals surface area contributed by atoms with Crippen LogP contribution in [0.2, 0.25) is 0 Å². The Hall–Kier alpha value is -4.54. The lowest BCUT2D eigenvalue weighted by molar-refractivity contribution is -0.0348. The van der Waals surface area contributed by atoms with Gasteiger partial charge in [-0.1, -0.05) is 0 Å². The SMILES string of the molecule is N#CCC1(n2ccc(-c3ncnc4[nH]ccc34)c2)CN(C2CCN(C(=O)c3ccc(C#N)cc3F)CC2)C1. The average Bonchev–Trinajstić information content (AvgIpc) is 3.60. The van der Waals surface area contributed by atoms with Gasteiger partial charge >= 0.3 is 0 Å². The van der Waals surface area contributed by atoms with Gasteiger partial charge in [0.2, 0.25) is 0 Å². The molecule has 6 rings (SSSR count). The molecule has 1 amide bonds. The zero-order valence-corrected chi connectivity index (χ0v) is 20.6. The normalized spacial score (nSPS) is 17.6. The molecule has 3 aromatic heterocycles. The van der Waals surface area contributed by atoms with Gasteiger partial charge in [0.15, 0.2) is 0 Å². The van der Waals surface area contributed by atoms with E-state index < -0.39 is 5.82 Å². The second kappa shape index (κ2) is 9.40. The first-order valence-corrected chi connectivity index (χ1v) is 12.6. The van der Waals surface area contributed by atoms with E-state index in [1.165, 1.54) is 12.1 Å². The van der Waals surface area contributed by atoms with Crippen molar-refractivity contribution in [3.8, 4) is 23.4 Å². The van der Waals surface area contributed by atoms with Gasteiger partial charge in [-0.3, -0.25) is 9.69 Å². The molecular weight excluding hydrogens is 483 g/mol. The summed E-state index contributed by atoms with van der Waals surface area (Å²) in [6, 6.07) is 12.5. The molecule has 1 N–H and O–H groups in total. The van der Waals surface area contributed by atoms with E-state index in [0.29, 0.717) is 25.6 Å². The van der Waals surface area contributed by atoms with Gasteiger partial charge in [0.25, 0.3) is 5.91 Å². The first kappa shape index (κ1) is 23.8. The number of nitrogens with one attached hydrogen (secondary N) is 1. The number of aromatic amines is 1. The number of nitriles is 2. The van der Waals surface area contributed by atoms with Crippen molar-refractivity contribution < 1.29 is 9.18 Å². The second-order valence-corrected chi connectivity index (χ2v) is 10.1. The van der Waals surface area contributed by atoms with Crippen molar-refractivity contribution in [1.29, 1.82) is 10.5 Å². The van der Waals surface area contributed by atoms with Gasteiger partial charge in [-0.2, -0.15) is 10.5 Å². The molecule has 4 aromatic rings. The summed E-state index contributed by atoms with van der Waals surface area (Å²) < 4.78 is 16.5. The molecule has 9 nitrogen and oxygen atoms in total. The number of carbonyl (C=O) groups is 1. The quantitative estimate of drug-likeness (QED) is 0.440. The van der Waals surface area contributed by atoms with Crippen LogP contribution in [0.25, 0.3) is 22.3 Å². The van der Waals surface area contributed by atoms with E-state index in [9.17, 15) is 14.4 Å². The standard InChI is InChI=1S/C28H25FN8O/c29-24-13-19(14-31)1-2-22(24)27(38)35-10-5-21(6-11-35)36-16-28(17-36,7-8-30)37-12-4-20(15-37)25-23-3-9-32-26(23)34-18-33-25/h1-4,9,12-13,15,18,21H,5-7,10-11,16-17H2,(H,32,33,34). The van der Waals surface area contributed by atoms with Crippen molar-refractivity contribution in [3.05, 3.63) is 72.2 Å². The number of hydrogen-bond donors (Lipinski definition) is 1. The first-order chi connectivity index (χ1) is 18.5. The molecule has 0 saturated carbocycles. The molecule has 2 fully saturated rings. The van der Waals surface area contributed by atoms with Crippen LogP contribution in [-0.4, -0.2) is 67.4 Å². The molecule has 2 saturated heterocycles. The highest BCUT2D eigenvalue weighted by atomic mass is 19.1. The minimum Gasteiger partial charge on any atom is -0.346 e. The maximum absolute atomic E-state index is 14.4. The van der Waals surface area contributed by atoms with E-state index in [4.69, 9.17) is 5.26 Å². The summed E-state index contributed by atoms with van der Waals surface area (Å²) >= 11 is 0. The molecule has 0 bridgehead atoms. The van der Waals surface area contributed by atoms with Gasteiger partial charge in [0.1, 0.15) is 17.8 Å². The fourth-order valence-electron chi connectivity index (χ4n) is 5.78. The summed E-state index contributed by atoms with van der Waals surface area (Å²) in [6.07, 6.45) is 9.46. The number of aromatic nitrogens is 4. The molecule has 2 aliphatic rings. The fourth-order valence-corrected chi connectivity index (χ4v) is 5.78. The largest absolute Gasteiger partial charge is 0.346 e. The molecule has 0 spiro atoms. The summed E-state index contributed by atoms with van der Waals surface area (Å²) in [6.45, 7) is 2.58. The van der Waals surface area contributed by atoms with Crippen LogP contribution in [0.15, 0.2) is 55.2 Å². The molecule has 38 heavy (non-hydrogen) atoms. The minimum atomic E-state index is -0.662. The van der Waals surface area contributed by atoms with E-state index in [1.54, 1.807) is 11.2 Å². The van der Waals surface area contributed by atoms with Crippen molar-refractivity contribution in [2.45, 2.75) is 30.8 Å². The number of halogens is 1. The van der Waals surface area contributed by atoms with Crippen LogP contribution in [0.5, 0.6) is 0 Å². The van der Waals surface area contributed by atoms with Crippen LogP contribution in [-0.2, 0) is 5.54 Å². The highest BCUT2D eigenvalue weighted by molar-refractivity contribution is 5.94. The number of benzene rings is 1. The number of rotatable bonds is 5. The van der Waals surface area contributed by atoms with E-state index in [0.717, 1.165) is 54.3 Å². The zero-order valence-electron chi connectivity index (χ0n) is 20.6. The van der Waals surface area contributed by atoms with Crippen molar-refractivity contribution in [2.24, 2.45) is 0 Å². The summed E-state index contributed by atoms with van der Waals surface area (Å²) in [5.41, 5.74) is 2.51. The molecule has 10 heteroatoms. The third kappa shape index (κ3) is 4.00. The summed E-state index contributed by atoms with van der Waals surface area (Å²) in [5.74, 6) is -1.00. The van der Waals surface area contributed by atoms with Crippen LogP contribution >= 0.6 is 0 Å². The number of likely N-dealkylation sites (tertiary alicyclic amines) is 2. The number of fused-ring (bicyclic) bond motifs is 1. The van der Waals surface area contributed by atoms with Crippen LogP contribution in [0.4, 0.5) is 4.39 Å². The Labute approximate surface area is 218 Å². The van der Waals surface area contributed by atoms with E-state index >= 15 is 0 Å². The minimum absolute atomic E-state index is 0.00320. The Morgan fingerprint density at radius 1 is 1.16 bits per heavy atom. The Morgan fingerprint density at radius 3 is 2.71 bits per heavy atom. The molecule has 0 radical (unpaired) electrons. The summed E-state index contributed by atoms with van der Waals surface area (Å²) in [4.78, 5) is 28.8. The maximum Gasteiger partial charge on any atom is 0.256 e. The van der Waals surface area contributed by atoms with Gasteiger partial charge in [0.05, 0.1) is 40.9 Å². The lowest BCUT2D eigenvalue weighted by Crippen LogP contribution is -2.66. The molecule has 0 atom stereocenters. The van der Waals surface area contributed by atoms with Gasteiger partial charge in [-0.25, -0.2) is 14.4 Å². The molecule has 0 unspecified atom stereocenters. The van der Waals surface area contributed by atoms with Crippen molar-refractivity contribution >= 4 is 16.9 Å². The van der Waals surface area contributed by atoms with Crippen LogP contribution in [0.3, 0.4) is 0 Å². The van der Waals surface area contributed by atoms with E-state index in [-0.39, 0.29) is 22.6 Å². The highest BCUT2D eigenvalue weighted by Crippen LogP contribution is 2.38. The van der Waals surface area contributed by atoms with Crippen molar-refractivity contribution in [2.75, 3.05) is 26.2 Å². The molecule has 190 valence electrons. The number of H-pyrrole nitrogens is 1. The Bertz CT molecular complexity index is 1590. The van der Waals surface area contributed by atoms with Gasteiger partial charge in [-0.05, 0) is 43.2 Å². The van der Waals surface area contributed by atoms with E-state index in [2.05, 4.69) is 36.7 Å². The number of carbonyl (C=O) groups excluding carboxylic acids is 1. The third-order valence-corrected chi connectivity index (χ3v) is 7.87. The van der Waals surface area contributed by atoms with Crippen LogP contribution in [0.1, 0.15) is 35.2 Å². The van der Waals surface area contributed by atoms with E-state index in [1.807, 2.05) is 30.6 Å². The smallest absolute Gasteiger partial charge is 0.256 e. The van der Waals surface area contributed by atoms with Crippen molar-refractivity contribution in [3.63, 3.8) is 0 Å². The number of piperidine rings is 1. The average molecular weight is 509 g/mol. The number of nitrogens with zero attached hydrogens (tertiary/aromatic N) is 7. The maximum atomic E-state index is 14.4. The predicted molar refractivity (Wildman–Crippen MR) is 137 cm³/mol. The highest BCUT2D eigenvalue weighted by Gasteiger charge is 2.47. The molecule has 1 aromatic carbocycles.